The van der Waals surface area contributed by atoms with Gasteiger partial charge in [0.2, 0.25) is 29.5 Å². The minimum absolute atomic E-state index is 0.0931. The normalized spacial score (nSPS) is 14.1. The maximum absolute atomic E-state index is 13.2. The van der Waals surface area contributed by atoms with Crippen molar-refractivity contribution in [1.29, 1.82) is 0 Å². The van der Waals surface area contributed by atoms with E-state index in [1.54, 1.807) is 30.5 Å². The maximum Gasteiger partial charge on any atom is 0.328 e. The monoisotopic (exact) mass is 519 g/mol. The van der Waals surface area contributed by atoms with Crippen molar-refractivity contribution in [2.24, 2.45) is 17.2 Å². The average molecular weight is 520 g/mol. The summed E-state index contributed by atoms with van der Waals surface area (Å²) in [6.07, 6.45) is 0.332. The molecule has 0 saturated heterocycles. The fraction of sp³-hybridized carbons (Fsp3) is 0.364. The first-order valence-corrected chi connectivity index (χ1v) is 11.0. The number of para-hydroxylation sites is 1. The number of carboxylic acids is 1. The molecule has 2 aromatic rings. The van der Waals surface area contributed by atoms with Crippen molar-refractivity contribution in [2.45, 2.75) is 43.4 Å². The van der Waals surface area contributed by atoms with Crippen molar-refractivity contribution in [3.63, 3.8) is 0 Å². The first-order chi connectivity index (χ1) is 17.4. The van der Waals surface area contributed by atoms with Crippen molar-refractivity contribution in [3.8, 4) is 0 Å². The van der Waals surface area contributed by atoms with Crippen LogP contribution in [0.5, 0.6) is 0 Å². The largest absolute Gasteiger partial charge is 0.480 e. The molecule has 0 aliphatic carbocycles. The number of fused-ring (bicyclic) bond motifs is 1. The minimum atomic E-state index is -1.70. The van der Waals surface area contributed by atoms with E-state index in [2.05, 4.69) is 15.6 Å². The summed E-state index contributed by atoms with van der Waals surface area (Å²) in [7, 11) is 0. The van der Waals surface area contributed by atoms with Crippen LogP contribution in [0.3, 0.4) is 0 Å². The lowest BCUT2D eigenvalue weighted by Crippen LogP contribution is -2.58. The predicted molar refractivity (Wildman–Crippen MR) is 128 cm³/mol. The molecule has 0 fully saturated rings. The Bertz CT molecular complexity index is 1180. The Morgan fingerprint density at radius 3 is 2.00 bits per heavy atom. The summed E-state index contributed by atoms with van der Waals surface area (Å²) in [4.78, 5) is 75.2. The molecular formula is C22H29N7O8. The van der Waals surface area contributed by atoms with Gasteiger partial charge in [-0.2, -0.15) is 0 Å². The van der Waals surface area contributed by atoms with Crippen LogP contribution in [0.25, 0.3) is 10.9 Å². The van der Waals surface area contributed by atoms with Gasteiger partial charge in [0.1, 0.15) is 18.1 Å². The van der Waals surface area contributed by atoms with Gasteiger partial charge >= 0.3 is 5.97 Å². The topological polar surface area (TPSA) is 273 Å². The van der Waals surface area contributed by atoms with Crippen LogP contribution in [-0.4, -0.2) is 81.5 Å². The number of carbonyl (C=O) groups is 6. The smallest absolute Gasteiger partial charge is 0.328 e. The van der Waals surface area contributed by atoms with Gasteiger partial charge in [-0.3, -0.25) is 24.0 Å². The molecule has 0 aliphatic rings. The number of aliphatic hydroxyl groups is 1. The van der Waals surface area contributed by atoms with E-state index in [-0.39, 0.29) is 6.42 Å². The van der Waals surface area contributed by atoms with Gasteiger partial charge in [-0.05, 0) is 11.6 Å². The number of H-pyrrole nitrogens is 1. The van der Waals surface area contributed by atoms with E-state index >= 15 is 0 Å². The Morgan fingerprint density at radius 2 is 1.41 bits per heavy atom. The van der Waals surface area contributed by atoms with Crippen LogP contribution in [0.1, 0.15) is 18.4 Å². The number of nitrogens with one attached hydrogen (secondary N) is 4. The third-order valence-electron chi connectivity index (χ3n) is 5.33. The third kappa shape index (κ3) is 8.29. The Balaban J connectivity index is 2.31. The Kier molecular flexibility index (Phi) is 10.1. The minimum Gasteiger partial charge on any atom is -0.480 e. The van der Waals surface area contributed by atoms with Crippen LogP contribution < -0.4 is 33.2 Å². The molecule has 4 atom stereocenters. The fourth-order valence-corrected chi connectivity index (χ4v) is 3.46. The second-order valence-electron chi connectivity index (χ2n) is 8.22. The molecule has 2 rings (SSSR count). The van der Waals surface area contributed by atoms with Crippen molar-refractivity contribution < 1.29 is 39.0 Å². The summed E-state index contributed by atoms with van der Waals surface area (Å²) in [6.45, 7) is -0.949. The maximum atomic E-state index is 13.2. The van der Waals surface area contributed by atoms with E-state index in [1.165, 1.54) is 0 Å². The Labute approximate surface area is 210 Å². The number of hydrogen-bond donors (Lipinski definition) is 9. The molecular weight excluding hydrogens is 490 g/mol. The molecule has 12 N–H and O–H groups in total. The highest BCUT2D eigenvalue weighted by Crippen LogP contribution is 2.19. The number of aliphatic carboxylic acids is 1. The van der Waals surface area contributed by atoms with E-state index in [0.29, 0.717) is 5.56 Å². The van der Waals surface area contributed by atoms with Gasteiger partial charge in [-0.15, -0.1) is 0 Å². The first-order valence-electron chi connectivity index (χ1n) is 11.0. The van der Waals surface area contributed by atoms with Gasteiger partial charge in [0.15, 0.2) is 0 Å². The van der Waals surface area contributed by atoms with Gasteiger partial charge in [0.25, 0.3) is 0 Å². The van der Waals surface area contributed by atoms with Crippen molar-refractivity contribution in [3.05, 3.63) is 36.0 Å². The zero-order valence-corrected chi connectivity index (χ0v) is 19.6. The van der Waals surface area contributed by atoms with E-state index < -0.39 is 79.1 Å². The molecule has 1 aromatic heterocycles. The molecule has 0 bridgehead atoms. The number of aromatic amines is 1. The highest BCUT2D eigenvalue weighted by molar-refractivity contribution is 5.97. The number of rotatable bonds is 14. The number of aromatic nitrogens is 1. The van der Waals surface area contributed by atoms with Gasteiger partial charge < -0.3 is 48.3 Å². The standard InChI is InChI=1S/C22H29N7O8/c23-12(6-17(24)31)19(33)27-14(5-10-8-26-13-4-2-1-3-11(10)13)20(34)28-15(7-18(25)32)21(35)29-16(9-30)22(36)37/h1-4,8,12,14-16,26,30H,5-7,9,23H2,(H2,24,31)(H2,25,32)(H,27,33)(H,28,34)(H,29,35)(H,36,37). The second-order valence-corrected chi connectivity index (χ2v) is 8.22. The Morgan fingerprint density at radius 1 is 0.838 bits per heavy atom. The predicted octanol–water partition coefficient (Wildman–Crippen LogP) is -3.68. The second kappa shape index (κ2) is 13.0. The van der Waals surface area contributed by atoms with Crippen LogP contribution >= 0.6 is 0 Å². The molecule has 1 heterocycles. The van der Waals surface area contributed by atoms with E-state index in [0.717, 1.165) is 10.9 Å². The molecule has 4 unspecified atom stereocenters. The Hall–Kier alpha value is -4.50. The molecule has 0 aliphatic heterocycles. The molecule has 200 valence electrons. The number of primary amides is 2. The number of carboxylic acid groups (broad SMARTS) is 1. The van der Waals surface area contributed by atoms with Crippen LogP contribution in [0.15, 0.2) is 30.5 Å². The van der Waals surface area contributed by atoms with Gasteiger partial charge in [-0.25, -0.2) is 4.79 Å². The van der Waals surface area contributed by atoms with Crippen LogP contribution in [-0.2, 0) is 35.2 Å². The molecule has 1 aromatic carbocycles. The molecule has 0 radical (unpaired) electrons. The highest BCUT2D eigenvalue weighted by Gasteiger charge is 2.31. The van der Waals surface area contributed by atoms with Gasteiger partial charge in [0, 0.05) is 23.5 Å². The van der Waals surface area contributed by atoms with Gasteiger partial charge in [0.05, 0.1) is 25.5 Å². The number of nitrogens with two attached hydrogens (primary N) is 3. The highest BCUT2D eigenvalue weighted by atomic mass is 16.4. The van der Waals surface area contributed by atoms with Crippen molar-refractivity contribution in [1.82, 2.24) is 20.9 Å². The summed E-state index contributed by atoms with van der Waals surface area (Å²) < 4.78 is 0. The van der Waals surface area contributed by atoms with E-state index in [9.17, 15) is 28.8 Å². The molecule has 37 heavy (non-hydrogen) atoms. The summed E-state index contributed by atoms with van der Waals surface area (Å²) in [6, 6.07) is 1.10. The SMILES string of the molecule is NC(=O)CC(N)C(=O)NC(Cc1c[nH]c2ccccc12)C(=O)NC(CC(N)=O)C(=O)NC(CO)C(=O)O. The lowest BCUT2D eigenvalue weighted by molar-refractivity contribution is -0.143. The molecule has 0 spiro atoms. The van der Waals surface area contributed by atoms with Crippen LogP contribution in [0.2, 0.25) is 0 Å². The summed E-state index contributed by atoms with van der Waals surface area (Å²) in [5.74, 6) is -6.28. The van der Waals surface area contributed by atoms with Crippen LogP contribution in [0.4, 0.5) is 0 Å². The number of carbonyl (C=O) groups excluding carboxylic acids is 5. The number of hydrogen-bond acceptors (Lipinski definition) is 8. The lowest BCUT2D eigenvalue weighted by Gasteiger charge is -2.24. The molecule has 15 nitrogen and oxygen atoms in total. The summed E-state index contributed by atoms with van der Waals surface area (Å²) >= 11 is 0. The summed E-state index contributed by atoms with van der Waals surface area (Å²) in [5, 5.41) is 25.6. The zero-order chi connectivity index (χ0) is 27.7. The first kappa shape index (κ1) is 28.7. The number of aliphatic hydroxyl groups excluding tert-OH is 1. The lowest BCUT2D eigenvalue weighted by atomic mass is 10.0. The number of benzene rings is 1. The average Bonchev–Trinajstić information content (AvgIpc) is 3.23. The zero-order valence-electron chi connectivity index (χ0n) is 19.6. The van der Waals surface area contributed by atoms with Crippen LogP contribution in [0, 0.1) is 0 Å². The van der Waals surface area contributed by atoms with Gasteiger partial charge in [-0.1, -0.05) is 18.2 Å². The summed E-state index contributed by atoms with van der Waals surface area (Å²) in [5.41, 5.74) is 17.3. The quantitative estimate of drug-likeness (QED) is 0.119. The van der Waals surface area contributed by atoms with E-state index in [4.69, 9.17) is 27.4 Å². The van der Waals surface area contributed by atoms with Crippen molar-refractivity contribution >= 4 is 46.4 Å². The number of amides is 5. The molecule has 15 heteroatoms. The van der Waals surface area contributed by atoms with E-state index in [1.807, 2.05) is 5.32 Å². The van der Waals surface area contributed by atoms with Crippen molar-refractivity contribution in [2.75, 3.05) is 6.61 Å². The third-order valence-corrected chi connectivity index (χ3v) is 5.33. The molecule has 0 saturated carbocycles. The molecule has 5 amide bonds. The fourth-order valence-electron chi connectivity index (χ4n) is 3.46.